The van der Waals surface area contributed by atoms with E-state index in [2.05, 4.69) is 15.3 Å². The van der Waals surface area contributed by atoms with Gasteiger partial charge in [-0.05, 0) is 36.1 Å². The van der Waals surface area contributed by atoms with Gasteiger partial charge in [0.25, 0.3) is 0 Å². The fourth-order valence-corrected chi connectivity index (χ4v) is 3.10. The summed E-state index contributed by atoms with van der Waals surface area (Å²) in [6, 6.07) is 6.29. The van der Waals surface area contributed by atoms with Crippen molar-refractivity contribution in [1.29, 1.82) is 0 Å². The molecule has 1 atom stereocenters. The lowest BCUT2D eigenvalue weighted by molar-refractivity contribution is 0.626. The molecule has 102 valence electrons. The van der Waals surface area contributed by atoms with Crippen LogP contribution in [0.1, 0.15) is 18.5 Å². The fraction of sp³-hybridized carbons (Fsp3) is 0.143. The highest BCUT2D eigenvalue weighted by Crippen LogP contribution is 2.29. The molecule has 3 aromatic rings. The summed E-state index contributed by atoms with van der Waals surface area (Å²) in [4.78, 5) is 9.39. The zero-order valence-corrected chi connectivity index (χ0v) is 12.2. The Hall–Kier alpha value is -1.72. The lowest BCUT2D eigenvalue weighted by Crippen LogP contribution is -2.09. The van der Waals surface area contributed by atoms with E-state index >= 15 is 0 Å². The Morgan fingerprint density at radius 3 is 2.95 bits per heavy atom. The van der Waals surface area contributed by atoms with Crippen molar-refractivity contribution in [3.05, 3.63) is 52.4 Å². The first kappa shape index (κ1) is 13.3. The number of nitrogens with zero attached hydrogens (tertiary/aromatic N) is 2. The minimum absolute atomic E-state index is 0.0823. The third-order valence-electron chi connectivity index (χ3n) is 3.04. The van der Waals surface area contributed by atoms with Crippen LogP contribution in [0.2, 0.25) is 5.02 Å². The summed E-state index contributed by atoms with van der Waals surface area (Å²) in [7, 11) is 0. The monoisotopic (exact) mass is 307 g/mol. The normalized spacial score (nSPS) is 12.6. The van der Waals surface area contributed by atoms with Crippen LogP contribution < -0.4 is 5.32 Å². The van der Waals surface area contributed by atoms with E-state index < -0.39 is 0 Å². The van der Waals surface area contributed by atoms with Crippen LogP contribution in [0.5, 0.6) is 0 Å². The third kappa shape index (κ3) is 2.46. The fourth-order valence-electron chi connectivity index (χ4n) is 2.04. The smallest absolute Gasteiger partial charge is 0.138 e. The third-order valence-corrected chi connectivity index (χ3v) is 4.19. The summed E-state index contributed by atoms with van der Waals surface area (Å²) in [6.45, 7) is 1.96. The zero-order valence-electron chi connectivity index (χ0n) is 10.6. The van der Waals surface area contributed by atoms with Gasteiger partial charge in [0, 0.05) is 5.02 Å². The number of hydrogen-bond donors (Lipinski definition) is 1. The summed E-state index contributed by atoms with van der Waals surface area (Å²) in [6.07, 6.45) is 1.53. The first-order valence-corrected chi connectivity index (χ1v) is 7.30. The Morgan fingerprint density at radius 2 is 2.15 bits per heavy atom. The Bertz CT molecular complexity index is 759. The molecule has 20 heavy (non-hydrogen) atoms. The molecule has 1 aromatic carbocycles. The molecule has 2 aromatic heterocycles. The Balaban J connectivity index is 1.92. The predicted molar refractivity (Wildman–Crippen MR) is 80.9 cm³/mol. The van der Waals surface area contributed by atoms with Crippen LogP contribution in [0.25, 0.3) is 10.2 Å². The van der Waals surface area contributed by atoms with Gasteiger partial charge in [0.15, 0.2) is 0 Å². The molecule has 1 unspecified atom stereocenters. The van der Waals surface area contributed by atoms with Crippen molar-refractivity contribution in [2.75, 3.05) is 5.32 Å². The number of nitrogens with one attached hydrogen (secondary N) is 1. The van der Waals surface area contributed by atoms with E-state index in [0.29, 0.717) is 5.02 Å². The molecule has 2 heterocycles. The van der Waals surface area contributed by atoms with Gasteiger partial charge in [-0.15, -0.1) is 11.3 Å². The van der Waals surface area contributed by atoms with Crippen molar-refractivity contribution in [3.63, 3.8) is 0 Å². The number of aromatic nitrogens is 2. The number of thiophene rings is 1. The van der Waals surface area contributed by atoms with Crippen molar-refractivity contribution < 1.29 is 4.39 Å². The van der Waals surface area contributed by atoms with Crippen LogP contribution >= 0.6 is 22.9 Å². The minimum atomic E-state index is -0.340. The van der Waals surface area contributed by atoms with Gasteiger partial charge < -0.3 is 5.32 Å². The SMILES string of the molecule is CC(Nc1ncnc2sccc12)c1ccc(F)cc1Cl. The largest absolute Gasteiger partial charge is 0.363 e. The van der Waals surface area contributed by atoms with Crippen molar-refractivity contribution in [2.45, 2.75) is 13.0 Å². The van der Waals surface area contributed by atoms with Gasteiger partial charge in [-0.25, -0.2) is 14.4 Å². The molecule has 0 saturated heterocycles. The number of benzene rings is 1. The quantitative estimate of drug-likeness (QED) is 0.765. The van der Waals surface area contributed by atoms with E-state index in [1.807, 2.05) is 18.4 Å². The van der Waals surface area contributed by atoms with Gasteiger partial charge in [-0.3, -0.25) is 0 Å². The minimum Gasteiger partial charge on any atom is -0.363 e. The average Bonchev–Trinajstić information content (AvgIpc) is 2.87. The molecule has 3 nitrogen and oxygen atoms in total. The lowest BCUT2D eigenvalue weighted by Gasteiger charge is -2.16. The van der Waals surface area contributed by atoms with Crippen LogP contribution in [0, 0.1) is 5.82 Å². The number of fused-ring (bicyclic) bond motifs is 1. The Kier molecular flexibility index (Phi) is 3.54. The number of anilines is 1. The van der Waals surface area contributed by atoms with E-state index in [-0.39, 0.29) is 11.9 Å². The van der Waals surface area contributed by atoms with E-state index in [1.165, 1.54) is 18.5 Å². The van der Waals surface area contributed by atoms with Gasteiger partial charge >= 0.3 is 0 Å². The summed E-state index contributed by atoms with van der Waals surface area (Å²) in [5, 5.41) is 6.65. The summed E-state index contributed by atoms with van der Waals surface area (Å²) in [5.41, 5.74) is 0.829. The molecule has 1 N–H and O–H groups in total. The summed E-state index contributed by atoms with van der Waals surface area (Å²) >= 11 is 7.64. The molecule has 0 aliphatic carbocycles. The van der Waals surface area contributed by atoms with Gasteiger partial charge in [-0.1, -0.05) is 17.7 Å². The highest BCUT2D eigenvalue weighted by Gasteiger charge is 2.13. The number of halogens is 2. The second-order valence-electron chi connectivity index (χ2n) is 4.39. The molecular weight excluding hydrogens is 297 g/mol. The molecular formula is C14H11ClFN3S. The summed E-state index contributed by atoms with van der Waals surface area (Å²) in [5.74, 6) is 0.414. The molecule has 0 saturated carbocycles. The van der Waals surface area contributed by atoms with Gasteiger partial charge in [0.2, 0.25) is 0 Å². The maximum Gasteiger partial charge on any atom is 0.138 e. The van der Waals surface area contributed by atoms with Crippen LogP contribution in [0.3, 0.4) is 0 Å². The highest BCUT2D eigenvalue weighted by molar-refractivity contribution is 7.16. The van der Waals surface area contributed by atoms with E-state index in [4.69, 9.17) is 11.6 Å². The van der Waals surface area contributed by atoms with Crippen LogP contribution in [0.4, 0.5) is 10.2 Å². The topological polar surface area (TPSA) is 37.8 Å². The molecule has 0 bridgehead atoms. The molecule has 0 aliphatic heterocycles. The van der Waals surface area contributed by atoms with Crippen molar-refractivity contribution in [1.82, 2.24) is 9.97 Å². The molecule has 0 aliphatic rings. The molecule has 0 spiro atoms. The lowest BCUT2D eigenvalue weighted by atomic mass is 10.1. The summed E-state index contributed by atoms with van der Waals surface area (Å²) < 4.78 is 13.1. The molecule has 3 rings (SSSR count). The van der Waals surface area contributed by atoms with Gasteiger partial charge in [0.05, 0.1) is 11.4 Å². The Morgan fingerprint density at radius 1 is 1.30 bits per heavy atom. The Labute approximate surface area is 124 Å². The molecule has 0 radical (unpaired) electrons. The standard InChI is InChI=1S/C14H11ClFN3S/c1-8(10-3-2-9(16)6-12(10)15)19-13-11-4-5-20-14(11)18-7-17-13/h2-8H,1H3,(H,17,18,19). The van der Waals surface area contributed by atoms with Crippen LogP contribution in [-0.2, 0) is 0 Å². The van der Waals surface area contributed by atoms with E-state index in [9.17, 15) is 4.39 Å². The zero-order chi connectivity index (χ0) is 14.1. The molecule has 0 fully saturated rings. The maximum absolute atomic E-state index is 13.1. The van der Waals surface area contributed by atoms with Crippen LogP contribution in [0.15, 0.2) is 36.0 Å². The number of rotatable bonds is 3. The predicted octanol–water partition coefficient (Wildman–Crippen LogP) is 4.66. The van der Waals surface area contributed by atoms with Crippen molar-refractivity contribution in [3.8, 4) is 0 Å². The molecule has 6 heteroatoms. The molecule has 0 amide bonds. The maximum atomic E-state index is 13.1. The van der Waals surface area contributed by atoms with Gasteiger partial charge in [-0.2, -0.15) is 0 Å². The van der Waals surface area contributed by atoms with Crippen molar-refractivity contribution >= 4 is 39.0 Å². The second-order valence-corrected chi connectivity index (χ2v) is 5.70. The van der Waals surface area contributed by atoms with Gasteiger partial charge in [0.1, 0.15) is 22.8 Å². The van der Waals surface area contributed by atoms with Crippen LogP contribution in [-0.4, -0.2) is 9.97 Å². The number of hydrogen-bond acceptors (Lipinski definition) is 4. The highest BCUT2D eigenvalue weighted by atomic mass is 35.5. The first-order chi connectivity index (χ1) is 9.65. The first-order valence-electron chi connectivity index (χ1n) is 6.05. The second kappa shape index (κ2) is 5.34. The van der Waals surface area contributed by atoms with E-state index in [1.54, 1.807) is 17.4 Å². The van der Waals surface area contributed by atoms with E-state index in [0.717, 1.165) is 21.6 Å². The van der Waals surface area contributed by atoms with Crippen molar-refractivity contribution in [2.24, 2.45) is 0 Å². The average molecular weight is 308 g/mol.